The van der Waals surface area contributed by atoms with Gasteiger partial charge >= 0.3 is 0 Å². The predicted octanol–water partition coefficient (Wildman–Crippen LogP) is 2.72. The molecular formula is C19H15F2N3O2. The number of hydrogen-bond acceptors (Lipinski definition) is 4. The first-order valence-corrected chi connectivity index (χ1v) is 8.18. The molecule has 0 saturated carbocycles. The molecule has 1 saturated heterocycles. The summed E-state index contributed by atoms with van der Waals surface area (Å²) in [6.45, 7) is 0.523. The number of pyridine rings is 2. The van der Waals surface area contributed by atoms with Gasteiger partial charge in [-0.1, -0.05) is 0 Å². The summed E-state index contributed by atoms with van der Waals surface area (Å²) in [4.78, 5) is 32.2. The molecule has 1 atom stereocenters. The number of H-pyrrole nitrogens is 1. The third-order valence-electron chi connectivity index (χ3n) is 4.70. The highest BCUT2D eigenvalue weighted by Gasteiger charge is 2.32. The first-order valence-electron chi connectivity index (χ1n) is 8.18. The highest BCUT2D eigenvalue weighted by molar-refractivity contribution is 5.84. The van der Waals surface area contributed by atoms with Gasteiger partial charge in [0.2, 0.25) is 5.56 Å². The van der Waals surface area contributed by atoms with Gasteiger partial charge in [0, 0.05) is 42.9 Å². The fourth-order valence-electron chi connectivity index (χ4n) is 3.51. The lowest BCUT2D eigenvalue weighted by atomic mass is 10.0. The summed E-state index contributed by atoms with van der Waals surface area (Å²) in [7, 11) is 0. The Morgan fingerprint density at radius 2 is 1.92 bits per heavy atom. The Morgan fingerprint density at radius 1 is 1.15 bits per heavy atom. The van der Waals surface area contributed by atoms with Crippen LogP contribution in [-0.4, -0.2) is 27.2 Å². The first kappa shape index (κ1) is 16.5. The van der Waals surface area contributed by atoms with Crippen LogP contribution >= 0.6 is 0 Å². The molecule has 7 heteroatoms. The lowest BCUT2D eigenvalue weighted by Crippen LogP contribution is -2.24. The second-order valence-corrected chi connectivity index (χ2v) is 6.39. The Labute approximate surface area is 147 Å². The van der Waals surface area contributed by atoms with E-state index < -0.39 is 17.2 Å². The van der Waals surface area contributed by atoms with Crippen LogP contribution in [0.15, 0.2) is 47.5 Å². The van der Waals surface area contributed by atoms with Gasteiger partial charge in [0.15, 0.2) is 11.6 Å². The fourth-order valence-corrected chi connectivity index (χ4v) is 3.51. The SMILES string of the molecule is O=C1CC(c2ccncc2)N(Cc2cc(=O)[nH]c3c(F)c(F)ccc23)C1. The summed E-state index contributed by atoms with van der Waals surface area (Å²) >= 11 is 0. The molecule has 0 amide bonds. The summed E-state index contributed by atoms with van der Waals surface area (Å²) in [5.74, 6) is -2.00. The monoisotopic (exact) mass is 355 g/mol. The van der Waals surface area contributed by atoms with E-state index in [1.807, 2.05) is 17.0 Å². The Kier molecular flexibility index (Phi) is 4.08. The van der Waals surface area contributed by atoms with Crippen molar-refractivity contribution in [2.45, 2.75) is 19.0 Å². The van der Waals surface area contributed by atoms with Crippen molar-refractivity contribution in [2.75, 3.05) is 6.54 Å². The van der Waals surface area contributed by atoms with Gasteiger partial charge < -0.3 is 4.98 Å². The molecule has 0 radical (unpaired) electrons. The zero-order valence-electron chi connectivity index (χ0n) is 13.7. The molecule has 26 heavy (non-hydrogen) atoms. The van der Waals surface area contributed by atoms with Crippen LogP contribution in [0.1, 0.15) is 23.6 Å². The quantitative estimate of drug-likeness (QED) is 0.785. The van der Waals surface area contributed by atoms with E-state index >= 15 is 0 Å². The van der Waals surface area contributed by atoms with Crippen molar-refractivity contribution in [3.8, 4) is 0 Å². The van der Waals surface area contributed by atoms with Crippen LogP contribution < -0.4 is 5.56 Å². The zero-order valence-corrected chi connectivity index (χ0v) is 13.7. The number of carbonyl (C=O) groups is 1. The second kappa shape index (κ2) is 6.42. The van der Waals surface area contributed by atoms with Crippen molar-refractivity contribution in [1.29, 1.82) is 0 Å². The Bertz CT molecular complexity index is 1050. The molecule has 0 spiro atoms. The minimum Gasteiger partial charge on any atom is -0.319 e. The number of nitrogens with one attached hydrogen (secondary N) is 1. The number of halogens is 2. The van der Waals surface area contributed by atoms with Crippen molar-refractivity contribution >= 4 is 16.7 Å². The Balaban J connectivity index is 1.76. The van der Waals surface area contributed by atoms with E-state index in [0.717, 1.165) is 11.6 Å². The number of fused-ring (bicyclic) bond motifs is 1. The number of aromatic nitrogens is 2. The van der Waals surface area contributed by atoms with Gasteiger partial charge in [-0.3, -0.25) is 19.5 Å². The number of hydrogen-bond donors (Lipinski definition) is 1. The van der Waals surface area contributed by atoms with E-state index in [9.17, 15) is 18.4 Å². The summed E-state index contributed by atoms with van der Waals surface area (Å²) in [5.41, 5.74) is 0.843. The maximum atomic E-state index is 14.1. The standard InChI is InChI=1S/C19H15F2N3O2/c20-15-2-1-14-12(7-17(26)23-19(14)18(15)21)9-24-10-13(25)8-16(24)11-3-5-22-6-4-11/h1-7,16H,8-10H2,(H,23,26). The number of rotatable bonds is 3. The lowest BCUT2D eigenvalue weighted by Gasteiger charge is -2.24. The van der Waals surface area contributed by atoms with E-state index in [1.54, 1.807) is 12.4 Å². The highest BCUT2D eigenvalue weighted by Crippen LogP contribution is 2.32. The summed E-state index contributed by atoms with van der Waals surface area (Å²) in [6.07, 6.45) is 3.70. The van der Waals surface area contributed by atoms with Crippen LogP contribution in [0.2, 0.25) is 0 Å². The lowest BCUT2D eigenvalue weighted by molar-refractivity contribution is -0.117. The van der Waals surface area contributed by atoms with Crippen LogP contribution in [0.3, 0.4) is 0 Å². The minimum atomic E-state index is -1.08. The summed E-state index contributed by atoms with van der Waals surface area (Å²) in [5, 5.41) is 0.427. The predicted molar refractivity (Wildman–Crippen MR) is 91.5 cm³/mol. The molecular weight excluding hydrogens is 340 g/mol. The Morgan fingerprint density at radius 3 is 2.69 bits per heavy atom. The van der Waals surface area contributed by atoms with Crippen LogP contribution in [0.25, 0.3) is 10.9 Å². The third-order valence-corrected chi connectivity index (χ3v) is 4.70. The topological polar surface area (TPSA) is 66.1 Å². The molecule has 1 unspecified atom stereocenters. The van der Waals surface area contributed by atoms with Gasteiger partial charge in [0.25, 0.3) is 0 Å². The first-order chi connectivity index (χ1) is 12.5. The van der Waals surface area contributed by atoms with Gasteiger partial charge in [-0.2, -0.15) is 0 Å². The molecule has 1 fully saturated rings. The molecule has 0 aliphatic carbocycles. The molecule has 2 aromatic heterocycles. The third kappa shape index (κ3) is 2.90. The van der Waals surface area contributed by atoms with Crippen molar-refractivity contribution in [3.05, 3.63) is 75.8 Å². The molecule has 0 bridgehead atoms. The van der Waals surface area contributed by atoms with Crippen molar-refractivity contribution in [1.82, 2.24) is 14.9 Å². The Hall–Kier alpha value is -2.93. The number of aromatic amines is 1. The second-order valence-electron chi connectivity index (χ2n) is 6.39. The molecule has 3 aromatic rings. The van der Waals surface area contributed by atoms with E-state index in [1.165, 1.54) is 12.1 Å². The number of Topliss-reactive ketones (excluding diaryl/α,β-unsaturated/α-hetero) is 1. The summed E-state index contributed by atoms with van der Waals surface area (Å²) < 4.78 is 27.5. The molecule has 132 valence electrons. The molecule has 3 heterocycles. The van der Waals surface area contributed by atoms with Gasteiger partial charge in [0.05, 0.1) is 12.1 Å². The van der Waals surface area contributed by atoms with Crippen molar-refractivity contribution in [2.24, 2.45) is 0 Å². The number of likely N-dealkylation sites (tertiary alicyclic amines) is 1. The van der Waals surface area contributed by atoms with E-state index in [4.69, 9.17) is 0 Å². The highest BCUT2D eigenvalue weighted by atomic mass is 19.2. The van der Waals surface area contributed by atoms with E-state index in [2.05, 4.69) is 9.97 Å². The number of nitrogens with zero attached hydrogens (tertiary/aromatic N) is 2. The largest absolute Gasteiger partial charge is 0.319 e. The van der Waals surface area contributed by atoms with Gasteiger partial charge in [-0.15, -0.1) is 0 Å². The average Bonchev–Trinajstić information content (AvgIpc) is 2.99. The number of carbonyl (C=O) groups excluding carboxylic acids is 1. The van der Waals surface area contributed by atoms with Crippen molar-refractivity contribution < 1.29 is 13.6 Å². The maximum Gasteiger partial charge on any atom is 0.248 e. The van der Waals surface area contributed by atoms with E-state index in [-0.39, 0.29) is 30.4 Å². The van der Waals surface area contributed by atoms with Crippen LogP contribution in [-0.2, 0) is 11.3 Å². The van der Waals surface area contributed by atoms with Gasteiger partial charge in [0.1, 0.15) is 5.78 Å². The molecule has 4 rings (SSSR count). The molecule has 1 aromatic carbocycles. The minimum absolute atomic E-state index is 0.0955. The average molecular weight is 355 g/mol. The van der Waals surface area contributed by atoms with Gasteiger partial charge in [-0.25, -0.2) is 8.78 Å². The maximum absolute atomic E-state index is 14.1. The summed E-state index contributed by atoms with van der Waals surface area (Å²) in [6, 6.07) is 7.41. The molecule has 1 aliphatic heterocycles. The van der Waals surface area contributed by atoms with Crippen LogP contribution in [0.4, 0.5) is 8.78 Å². The van der Waals surface area contributed by atoms with Gasteiger partial charge in [-0.05, 0) is 35.4 Å². The normalized spacial score (nSPS) is 17.9. The van der Waals surface area contributed by atoms with Crippen LogP contribution in [0.5, 0.6) is 0 Å². The number of benzene rings is 1. The smallest absolute Gasteiger partial charge is 0.248 e. The van der Waals surface area contributed by atoms with Crippen LogP contribution in [0, 0.1) is 11.6 Å². The fraction of sp³-hybridized carbons (Fsp3) is 0.211. The van der Waals surface area contributed by atoms with E-state index in [0.29, 0.717) is 17.4 Å². The molecule has 1 aliphatic rings. The number of ketones is 1. The molecule has 1 N–H and O–H groups in total. The molecule has 5 nitrogen and oxygen atoms in total. The van der Waals surface area contributed by atoms with Crippen molar-refractivity contribution in [3.63, 3.8) is 0 Å². The zero-order chi connectivity index (χ0) is 18.3.